The zero-order valence-corrected chi connectivity index (χ0v) is 15.9. The van der Waals surface area contributed by atoms with E-state index in [2.05, 4.69) is 17.6 Å². The highest BCUT2D eigenvalue weighted by molar-refractivity contribution is 6.32. The number of methoxy groups -OCH3 is 1. The zero-order valence-electron chi connectivity index (χ0n) is 14.4. The van der Waals surface area contributed by atoms with Gasteiger partial charge in [0.1, 0.15) is 0 Å². The summed E-state index contributed by atoms with van der Waals surface area (Å²) in [6.07, 6.45) is 2.72. The molecular weight excluding hydrogens is 351 g/mol. The summed E-state index contributed by atoms with van der Waals surface area (Å²) in [6.45, 7) is 5.61. The van der Waals surface area contributed by atoms with Crippen molar-refractivity contribution in [2.75, 3.05) is 20.3 Å². The Morgan fingerprint density at radius 2 is 2.21 bits per heavy atom. The molecule has 0 bridgehead atoms. The van der Waals surface area contributed by atoms with Gasteiger partial charge in [0.25, 0.3) is 5.91 Å². The Hall–Kier alpha value is -1.17. The van der Waals surface area contributed by atoms with Gasteiger partial charge in [-0.25, -0.2) is 0 Å². The highest BCUT2D eigenvalue weighted by atomic mass is 35.5. The van der Waals surface area contributed by atoms with Gasteiger partial charge < -0.3 is 20.1 Å². The zero-order chi connectivity index (χ0) is 16.8. The van der Waals surface area contributed by atoms with Crippen LogP contribution in [-0.4, -0.2) is 38.3 Å². The average molecular weight is 377 g/mol. The molecule has 7 heteroatoms. The summed E-state index contributed by atoms with van der Waals surface area (Å²) >= 11 is 6.26. The van der Waals surface area contributed by atoms with Crippen molar-refractivity contribution < 1.29 is 14.3 Å². The minimum absolute atomic E-state index is 0. The molecule has 0 aromatic heterocycles. The summed E-state index contributed by atoms with van der Waals surface area (Å²) in [5.41, 5.74) is 0.488. The Kier molecular flexibility index (Phi) is 8.67. The number of carbonyl (C=O) groups excluding carboxylic acids is 1. The number of amides is 1. The third-order valence-electron chi connectivity index (χ3n) is 3.90. The van der Waals surface area contributed by atoms with E-state index in [1.165, 1.54) is 0 Å². The second kappa shape index (κ2) is 9.97. The molecule has 0 aliphatic carbocycles. The van der Waals surface area contributed by atoms with E-state index in [0.717, 1.165) is 25.8 Å². The first-order valence-corrected chi connectivity index (χ1v) is 8.47. The second-order valence-electron chi connectivity index (χ2n) is 5.89. The van der Waals surface area contributed by atoms with E-state index in [1.54, 1.807) is 19.2 Å². The highest BCUT2D eigenvalue weighted by Gasteiger charge is 2.22. The first-order chi connectivity index (χ1) is 11.0. The van der Waals surface area contributed by atoms with E-state index in [9.17, 15) is 4.79 Å². The van der Waals surface area contributed by atoms with Crippen molar-refractivity contribution in [2.24, 2.45) is 0 Å². The maximum absolute atomic E-state index is 12.5. The van der Waals surface area contributed by atoms with Gasteiger partial charge in [-0.2, -0.15) is 0 Å². The number of hydrogen-bond acceptors (Lipinski definition) is 4. The van der Waals surface area contributed by atoms with Crippen molar-refractivity contribution in [3.63, 3.8) is 0 Å². The third kappa shape index (κ3) is 5.43. The number of piperidine rings is 1. The van der Waals surface area contributed by atoms with Gasteiger partial charge in [-0.05, 0) is 44.9 Å². The van der Waals surface area contributed by atoms with Crippen molar-refractivity contribution in [2.45, 2.75) is 45.2 Å². The highest BCUT2D eigenvalue weighted by Crippen LogP contribution is 2.36. The van der Waals surface area contributed by atoms with Gasteiger partial charge in [-0.1, -0.05) is 18.5 Å². The van der Waals surface area contributed by atoms with Crippen LogP contribution in [-0.2, 0) is 0 Å². The molecule has 1 amide bonds. The normalized spacial score (nSPS) is 20.0. The fraction of sp³-hybridized carbons (Fsp3) is 0.588. The SMILES string of the molecule is CCCOc1c(Cl)cc(C(=O)NC2CCNC(C)C2)cc1OC.Cl. The maximum Gasteiger partial charge on any atom is 0.251 e. The lowest BCUT2D eigenvalue weighted by Crippen LogP contribution is -2.46. The van der Waals surface area contributed by atoms with Crippen LogP contribution < -0.4 is 20.1 Å². The van der Waals surface area contributed by atoms with Crippen LogP contribution in [0.2, 0.25) is 5.02 Å². The molecule has 1 aromatic carbocycles. The number of benzene rings is 1. The summed E-state index contributed by atoms with van der Waals surface area (Å²) in [6, 6.07) is 3.91. The van der Waals surface area contributed by atoms with E-state index in [4.69, 9.17) is 21.1 Å². The van der Waals surface area contributed by atoms with Crippen LogP contribution in [0.4, 0.5) is 0 Å². The predicted octanol–water partition coefficient (Wildman–Crippen LogP) is 3.43. The van der Waals surface area contributed by atoms with Crippen LogP contribution in [0.3, 0.4) is 0 Å². The van der Waals surface area contributed by atoms with Gasteiger partial charge in [-0.15, -0.1) is 12.4 Å². The molecule has 2 N–H and O–H groups in total. The summed E-state index contributed by atoms with van der Waals surface area (Å²) in [5, 5.41) is 6.83. The molecule has 0 saturated carbocycles. The fourth-order valence-corrected chi connectivity index (χ4v) is 2.99. The Bertz CT molecular complexity index is 555. The lowest BCUT2D eigenvalue weighted by atomic mass is 10.00. The molecule has 1 aliphatic rings. The molecular formula is C17H26Cl2N2O3. The van der Waals surface area contributed by atoms with E-state index >= 15 is 0 Å². The molecule has 1 aliphatic heterocycles. The molecule has 1 fully saturated rings. The van der Waals surface area contributed by atoms with Crippen molar-refractivity contribution in [1.29, 1.82) is 0 Å². The molecule has 2 atom stereocenters. The molecule has 5 nitrogen and oxygen atoms in total. The molecule has 2 unspecified atom stereocenters. The van der Waals surface area contributed by atoms with Crippen molar-refractivity contribution in [3.8, 4) is 11.5 Å². The second-order valence-corrected chi connectivity index (χ2v) is 6.30. The predicted molar refractivity (Wildman–Crippen MR) is 99.0 cm³/mol. The molecule has 0 radical (unpaired) electrons. The number of carbonyl (C=O) groups is 1. The lowest BCUT2D eigenvalue weighted by molar-refractivity contribution is 0.0925. The molecule has 0 spiro atoms. The van der Waals surface area contributed by atoms with Crippen LogP contribution in [0, 0.1) is 0 Å². The first kappa shape index (κ1) is 20.9. The lowest BCUT2D eigenvalue weighted by Gasteiger charge is -2.28. The smallest absolute Gasteiger partial charge is 0.251 e. The minimum atomic E-state index is -0.133. The molecule has 2 rings (SSSR count). The molecule has 24 heavy (non-hydrogen) atoms. The van der Waals surface area contributed by atoms with Gasteiger partial charge in [-0.3, -0.25) is 4.79 Å². The van der Waals surface area contributed by atoms with Gasteiger partial charge in [0, 0.05) is 17.6 Å². The molecule has 1 aromatic rings. The van der Waals surface area contributed by atoms with Gasteiger partial charge >= 0.3 is 0 Å². The van der Waals surface area contributed by atoms with E-state index in [0.29, 0.717) is 34.7 Å². The van der Waals surface area contributed by atoms with E-state index in [1.807, 2.05) is 6.92 Å². The Balaban J connectivity index is 0.00000288. The van der Waals surface area contributed by atoms with Crippen LogP contribution >= 0.6 is 24.0 Å². The first-order valence-electron chi connectivity index (χ1n) is 8.09. The van der Waals surface area contributed by atoms with Crippen molar-refractivity contribution >= 4 is 29.9 Å². The molecule has 136 valence electrons. The summed E-state index contributed by atoms with van der Waals surface area (Å²) < 4.78 is 10.9. The number of hydrogen-bond donors (Lipinski definition) is 2. The van der Waals surface area contributed by atoms with Crippen molar-refractivity contribution in [1.82, 2.24) is 10.6 Å². The van der Waals surface area contributed by atoms with Crippen LogP contribution in [0.25, 0.3) is 0 Å². The summed E-state index contributed by atoms with van der Waals surface area (Å²) in [7, 11) is 1.54. The number of nitrogens with one attached hydrogen (secondary N) is 2. The number of ether oxygens (including phenoxy) is 2. The largest absolute Gasteiger partial charge is 0.493 e. The standard InChI is InChI=1S/C17H25ClN2O3.ClH/c1-4-7-23-16-14(18)9-12(10-15(16)22-3)17(21)20-13-5-6-19-11(2)8-13;/h9-11,13,19H,4-8H2,1-3H3,(H,20,21);1H. The quantitative estimate of drug-likeness (QED) is 0.798. The fourth-order valence-electron chi connectivity index (χ4n) is 2.73. The maximum atomic E-state index is 12.5. The molecule has 1 saturated heterocycles. The Labute approximate surface area is 154 Å². The topological polar surface area (TPSA) is 59.6 Å². The van der Waals surface area contributed by atoms with Gasteiger partial charge in [0.15, 0.2) is 11.5 Å². The Morgan fingerprint density at radius 3 is 2.83 bits per heavy atom. The minimum Gasteiger partial charge on any atom is -0.493 e. The summed E-state index contributed by atoms with van der Waals surface area (Å²) in [5.74, 6) is 0.837. The van der Waals surface area contributed by atoms with Crippen molar-refractivity contribution in [3.05, 3.63) is 22.7 Å². The van der Waals surface area contributed by atoms with E-state index in [-0.39, 0.29) is 24.4 Å². The summed E-state index contributed by atoms with van der Waals surface area (Å²) in [4.78, 5) is 12.5. The van der Waals surface area contributed by atoms with Crippen LogP contribution in [0.15, 0.2) is 12.1 Å². The average Bonchev–Trinajstić information content (AvgIpc) is 2.53. The van der Waals surface area contributed by atoms with Gasteiger partial charge in [0.05, 0.1) is 18.7 Å². The molecule has 1 heterocycles. The third-order valence-corrected chi connectivity index (χ3v) is 4.18. The number of halogens is 2. The van der Waals surface area contributed by atoms with Gasteiger partial charge in [0.2, 0.25) is 0 Å². The van der Waals surface area contributed by atoms with E-state index < -0.39 is 0 Å². The Morgan fingerprint density at radius 1 is 1.46 bits per heavy atom. The monoisotopic (exact) mass is 376 g/mol. The number of rotatable bonds is 6. The van der Waals surface area contributed by atoms with Crippen LogP contribution in [0.1, 0.15) is 43.5 Å². The van der Waals surface area contributed by atoms with Crippen LogP contribution in [0.5, 0.6) is 11.5 Å².